The lowest BCUT2D eigenvalue weighted by molar-refractivity contribution is 0.104. The molecule has 2 aromatic carbocycles. The lowest BCUT2D eigenvalue weighted by atomic mass is 10.0. The van der Waals surface area contributed by atoms with E-state index in [1.807, 2.05) is 24.3 Å². The summed E-state index contributed by atoms with van der Waals surface area (Å²) in [6.07, 6.45) is 5.34. The van der Waals surface area contributed by atoms with Gasteiger partial charge in [-0.3, -0.25) is 4.79 Å². The summed E-state index contributed by atoms with van der Waals surface area (Å²) in [5, 5.41) is 8.87. The minimum Gasteiger partial charge on any atom is -0.289 e. The van der Waals surface area contributed by atoms with Gasteiger partial charge >= 0.3 is 0 Å². The zero-order chi connectivity index (χ0) is 12.7. The molecule has 82 valence electrons. The van der Waals surface area contributed by atoms with Crippen LogP contribution >= 0.6 is 0 Å². The highest BCUT2D eigenvalue weighted by molar-refractivity contribution is 6.21. The van der Waals surface area contributed by atoms with Crippen molar-refractivity contribution in [3.8, 4) is 29.5 Å². The molecule has 0 saturated heterocycles. The first kappa shape index (κ1) is 10.3. The van der Waals surface area contributed by atoms with Crippen LogP contribution in [0.5, 0.6) is 0 Å². The third-order valence-electron chi connectivity index (χ3n) is 3.11. The van der Waals surface area contributed by atoms with Gasteiger partial charge in [-0.1, -0.05) is 18.1 Å². The van der Waals surface area contributed by atoms with Crippen molar-refractivity contribution in [2.75, 3.05) is 0 Å². The fraction of sp³-hybridized carbons (Fsp3) is 0. The van der Waals surface area contributed by atoms with Crippen molar-refractivity contribution >= 4 is 5.78 Å². The Morgan fingerprint density at radius 3 is 2.00 bits per heavy atom. The molecule has 0 amide bonds. The maximum atomic E-state index is 12.2. The first-order valence-corrected chi connectivity index (χ1v) is 5.44. The predicted octanol–water partition coefficient (Wildman–Crippen LogP) is 2.75. The first-order chi connectivity index (χ1) is 8.74. The Balaban J connectivity index is 2.29. The van der Waals surface area contributed by atoms with Crippen LogP contribution < -0.4 is 0 Å². The van der Waals surface area contributed by atoms with E-state index in [4.69, 9.17) is 11.7 Å². The Hall–Kier alpha value is -2.84. The molecule has 0 aliphatic heterocycles. The summed E-state index contributed by atoms with van der Waals surface area (Å²) in [5.41, 5.74) is 4.15. The maximum Gasteiger partial charge on any atom is 0.194 e. The molecule has 0 bridgehead atoms. The predicted molar refractivity (Wildman–Crippen MR) is 68.0 cm³/mol. The summed E-state index contributed by atoms with van der Waals surface area (Å²) in [6.45, 7) is 0. The zero-order valence-corrected chi connectivity index (χ0v) is 9.40. The summed E-state index contributed by atoms with van der Waals surface area (Å²) in [7, 11) is 0. The highest BCUT2D eigenvalue weighted by atomic mass is 16.1. The minimum atomic E-state index is -0.0609. The highest BCUT2D eigenvalue weighted by Gasteiger charge is 2.26. The second-order valence-corrected chi connectivity index (χ2v) is 4.11. The number of terminal acetylenes is 1. The largest absolute Gasteiger partial charge is 0.289 e. The van der Waals surface area contributed by atoms with E-state index in [0.29, 0.717) is 22.3 Å². The zero-order valence-electron chi connectivity index (χ0n) is 9.40. The number of ketones is 1. The summed E-state index contributed by atoms with van der Waals surface area (Å²) in [5.74, 6) is 2.46. The van der Waals surface area contributed by atoms with Crippen LogP contribution in [0.1, 0.15) is 27.0 Å². The van der Waals surface area contributed by atoms with Crippen molar-refractivity contribution in [3.05, 3.63) is 58.7 Å². The molecule has 18 heavy (non-hydrogen) atoms. The van der Waals surface area contributed by atoms with E-state index in [1.54, 1.807) is 18.2 Å². The molecule has 0 aromatic heterocycles. The van der Waals surface area contributed by atoms with Crippen LogP contribution in [0.3, 0.4) is 0 Å². The second kappa shape index (κ2) is 3.58. The molecule has 0 N–H and O–H groups in total. The average molecular weight is 229 g/mol. The Kier molecular flexibility index (Phi) is 2.06. The van der Waals surface area contributed by atoms with Crippen LogP contribution in [-0.2, 0) is 0 Å². The van der Waals surface area contributed by atoms with Crippen LogP contribution in [0, 0.1) is 23.7 Å². The van der Waals surface area contributed by atoms with Crippen molar-refractivity contribution in [2.24, 2.45) is 0 Å². The third-order valence-corrected chi connectivity index (χ3v) is 3.11. The van der Waals surface area contributed by atoms with Gasteiger partial charge in [0.1, 0.15) is 0 Å². The fourth-order valence-electron chi connectivity index (χ4n) is 2.24. The lowest BCUT2D eigenvalue weighted by Gasteiger charge is -1.99. The van der Waals surface area contributed by atoms with Crippen LogP contribution in [0.25, 0.3) is 11.1 Å². The van der Waals surface area contributed by atoms with E-state index in [2.05, 4.69) is 5.92 Å². The smallest absolute Gasteiger partial charge is 0.194 e. The van der Waals surface area contributed by atoms with E-state index in [1.165, 1.54) is 0 Å². The van der Waals surface area contributed by atoms with Gasteiger partial charge in [0.15, 0.2) is 5.78 Å². The number of benzene rings is 2. The number of hydrogen-bond acceptors (Lipinski definition) is 2. The van der Waals surface area contributed by atoms with Gasteiger partial charge in [0, 0.05) is 16.7 Å². The van der Waals surface area contributed by atoms with Crippen LogP contribution in [-0.4, -0.2) is 5.78 Å². The number of hydrogen-bond donors (Lipinski definition) is 0. The Labute approximate surface area is 104 Å². The standard InChI is InChI=1S/C16H7NO/c1-2-10-3-5-12-13-6-4-11(9-17)8-15(13)16(18)14(12)7-10/h1,3-8H. The van der Waals surface area contributed by atoms with Crippen molar-refractivity contribution in [2.45, 2.75) is 0 Å². The van der Waals surface area contributed by atoms with Gasteiger partial charge in [-0.2, -0.15) is 5.26 Å². The molecule has 1 aliphatic carbocycles. The highest BCUT2D eigenvalue weighted by Crippen LogP contribution is 2.37. The molecule has 0 fully saturated rings. The number of fused-ring (bicyclic) bond motifs is 3. The van der Waals surface area contributed by atoms with E-state index in [-0.39, 0.29) is 5.78 Å². The summed E-state index contributed by atoms with van der Waals surface area (Å²) < 4.78 is 0. The molecule has 0 unspecified atom stereocenters. The Morgan fingerprint density at radius 1 is 0.889 bits per heavy atom. The Morgan fingerprint density at radius 2 is 1.44 bits per heavy atom. The van der Waals surface area contributed by atoms with Crippen LogP contribution in [0.2, 0.25) is 0 Å². The van der Waals surface area contributed by atoms with Gasteiger partial charge in [0.2, 0.25) is 0 Å². The lowest BCUT2D eigenvalue weighted by Crippen LogP contribution is -1.96. The van der Waals surface area contributed by atoms with Gasteiger partial charge in [-0.25, -0.2) is 0 Å². The molecule has 0 radical (unpaired) electrons. The molecule has 2 heteroatoms. The molecule has 0 saturated carbocycles. The molecule has 0 heterocycles. The van der Waals surface area contributed by atoms with E-state index in [0.717, 1.165) is 11.1 Å². The van der Waals surface area contributed by atoms with Crippen LogP contribution in [0.15, 0.2) is 36.4 Å². The second-order valence-electron chi connectivity index (χ2n) is 4.11. The van der Waals surface area contributed by atoms with Gasteiger partial charge in [0.25, 0.3) is 0 Å². The van der Waals surface area contributed by atoms with Crippen LogP contribution in [0.4, 0.5) is 0 Å². The third kappa shape index (κ3) is 1.27. The van der Waals surface area contributed by atoms with Gasteiger partial charge < -0.3 is 0 Å². The molecule has 0 spiro atoms. The van der Waals surface area contributed by atoms with Crippen molar-refractivity contribution in [1.82, 2.24) is 0 Å². The summed E-state index contributed by atoms with van der Waals surface area (Å²) in [6, 6.07) is 12.6. The van der Waals surface area contributed by atoms with E-state index < -0.39 is 0 Å². The summed E-state index contributed by atoms with van der Waals surface area (Å²) in [4.78, 5) is 12.2. The Bertz CT molecular complexity index is 707. The first-order valence-electron chi connectivity index (χ1n) is 5.44. The normalized spacial score (nSPS) is 11.3. The fourth-order valence-corrected chi connectivity index (χ4v) is 2.24. The van der Waals surface area contributed by atoms with Crippen molar-refractivity contribution in [1.29, 1.82) is 5.26 Å². The number of rotatable bonds is 0. The van der Waals surface area contributed by atoms with E-state index >= 15 is 0 Å². The molecule has 2 nitrogen and oxygen atoms in total. The van der Waals surface area contributed by atoms with Gasteiger partial charge in [0.05, 0.1) is 11.6 Å². The topological polar surface area (TPSA) is 40.9 Å². The van der Waals surface area contributed by atoms with E-state index in [9.17, 15) is 4.79 Å². The molecule has 1 aliphatic rings. The number of carbonyl (C=O) groups is 1. The number of nitriles is 1. The SMILES string of the molecule is C#Cc1ccc2c(c1)C(=O)c1cc(C#N)ccc1-2. The molecule has 2 aromatic rings. The average Bonchev–Trinajstić information content (AvgIpc) is 2.71. The quantitative estimate of drug-likeness (QED) is 0.556. The molecule has 3 rings (SSSR count). The molecule has 0 atom stereocenters. The minimum absolute atomic E-state index is 0.0609. The monoisotopic (exact) mass is 229 g/mol. The van der Waals surface area contributed by atoms with Crippen molar-refractivity contribution in [3.63, 3.8) is 0 Å². The number of carbonyl (C=O) groups excluding carboxylic acids is 1. The molecular weight excluding hydrogens is 222 g/mol. The van der Waals surface area contributed by atoms with Crippen molar-refractivity contribution < 1.29 is 4.79 Å². The number of nitrogens with zero attached hydrogens (tertiary/aromatic N) is 1. The van der Waals surface area contributed by atoms with Gasteiger partial charge in [-0.15, -0.1) is 6.42 Å². The molecular formula is C16H7NO. The maximum absolute atomic E-state index is 12.2. The van der Waals surface area contributed by atoms with Gasteiger partial charge in [-0.05, 0) is 35.4 Å². The summed E-state index contributed by atoms with van der Waals surface area (Å²) >= 11 is 0.